The number of nitrogens with one attached hydrogen (secondary N) is 1. The standard InChI is InChI=1S/C16H14ClNO2S/c1-10-8-13(6-5-12(10)4-3-7-19)18-16(20)15-14(17)11(2)9-21-15/h5-6,8-9,19H,7H2,1-2H3,(H,18,20). The normalized spacial score (nSPS) is 9.90. The summed E-state index contributed by atoms with van der Waals surface area (Å²) in [5.41, 5.74) is 3.35. The Hall–Kier alpha value is -1.80. The minimum absolute atomic E-state index is 0.172. The lowest BCUT2D eigenvalue weighted by molar-refractivity contribution is 0.103. The van der Waals surface area contributed by atoms with Crippen molar-refractivity contribution in [3.05, 3.63) is 50.2 Å². The zero-order chi connectivity index (χ0) is 15.4. The number of aliphatic hydroxyl groups is 1. The van der Waals surface area contributed by atoms with Gasteiger partial charge in [0.25, 0.3) is 5.91 Å². The molecule has 21 heavy (non-hydrogen) atoms. The van der Waals surface area contributed by atoms with Gasteiger partial charge < -0.3 is 10.4 Å². The first kappa shape index (κ1) is 15.6. The van der Waals surface area contributed by atoms with Crippen LogP contribution in [0.25, 0.3) is 0 Å². The van der Waals surface area contributed by atoms with E-state index in [2.05, 4.69) is 17.2 Å². The lowest BCUT2D eigenvalue weighted by Crippen LogP contribution is -2.11. The van der Waals surface area contributed by atoms with Crippen molar-refractivity contribution in [3.8, 4) is 11.8 Å². The first-order chi connectivity index (χ1) is 10.0. The number of aryl methyl sites for hydroxylation is 2. The molecule has 0 fully saturated rings. The molecule has 0 saturated heterocycles. The molecular weight excluding hydrogens is 306 g/mol. The van der Waals surface area contributed by atoms with Gasteiger partial charge in [-0.1, -0.05) is 23.4 Å². The predicted octanol–water partition coefficient (Wildman–Crippen LogP) is 3.61. The van der Waals surface area contributed by atoms with Crippen molar-refractivity contribution in [3.63, 3.8) is 0 Å². The summed E-state index contributed by atoms with van der Waals surface area (Å²) in [5.74, 6) is 5.24. The third-order valence-corrected chi connectivity index (χ3v) is 4.59. The van der Waals surface area contributed by atoms with Gasteiger partial charge in [-0.25, -0.2) is 0 Å². The number of halogens is 1. The Morgan fingerprint density at radius 1 is 1.38 bits per heavy atom. The molecule has 0 aliphatic carbocycles. The van der Waals surface area contributed by atoms with Crippen LogP contribution in [0.15, 0.2) is 23.6 Å². The van der Waals surface area contributed by atoms with Gasteiger partial charge in [-0.3, -0.25) is 4.79 Å². The molecule has 0 aliphatic heterocycles. The summed E-state index contributed by atoms with van der Waals surface area (Å²) in [6.07, 6.45) is 0. The highest BCUT2D eigenvalue weighted by Crippen LogP contribution is 2.28. The summed E-state index contributed by atoms with van der Waals surface area (Å²) in [6.45, 7) is 3.60. The third-order valence-electron chi connectivity index (χ3n) is 2.89. The molecule has 0 unspecified atom stereocenters. The summed E-state index contributed by atoms with van der Waals surface area (Å²) in [6, 6.07) is 5.43. The van der Waals surface area contributed by atoms with Gasteiger partial charge in [0.15, 0.2) is 0 Å². The molecule has 1 amide bonds. The number of rotatable bonds is 2. The number of hydrogen-bond acceptors (Lipinski definition) is 3. The summed E-state index contributed by atoms with van der Waals surface area (Å²) < 4.78 is 0. The SMILES string of the molecule is Cc1cc(NC(=O)c2scc(C)c2Cl)ccc1C#CCO. The third kappa shape index (κ3) is 3.64. The zero-order valence-corrected chi connectivity index (χ0v) is 13.2. The number of carbonyl (C=O) groups excluding carboxylic acids is 1. The molecular formula is C16H14ClNO2S. The van der Waals surface area contributed by atoms with Crippen LogP contribution in [0.4, 0.5) is 5.69 Å². The Balaban J connectivity index is 2.19. The maximum atomic E-state index is 12.2. The van der Waals surface area contributed by atoms with Gasteiger partial charge in [0.2, 0.25) is 0 Å². The molecule has 108 valence electrons. The first-order valence-corrected chi connectivity index (χ1v) is 7.54. The van der Waals surface area contributed by atoms with E-state index in [1.807, 2.05) is 31.4 Å². The van der Waals surface area contributed by atoms with Gasteiger partial charge in [0, 0.05) is 11.3 Å². The molecule has 3 nitrogen and oxygen atoms in total. The molecule has 5 heteroatoms. The fourth-order valence-electron chi connectivity index (χ4n) is 1.79. The van der Waals surface area contributed by atoms with Crippen molar-refractivity contribution in [2.45, 2.75) is 13.8 Å². The Kier molecular flexibility index (Phi) is 5.03. The molecule has 0 saturated carbocycles. The summed E-state index contributed by atoms with van der Waals surface area (Å²) in [7, 11) is 0. The quantitative estimate of drug-likeness (QED) is 0.831. The van der Waals surface area contributed by atoms with Crippen molar-refractivity contribution < 1.29 is 9.90 Å². The van der Waals surface area contributed by atoms with Crippen LogP contribution < -0.4 is 5.32 Å². The molecule has 1 aromatic carbocycles. The highest BCUT2D eigenvalue weighted by Gasteiger charge is 2.14. The lowest BCUT2D eigenvalue weighted by atomic mass is 10.1. The summed E-state index contributed by atoms with van der Waals surface area (Å²) >= 11 is 7.42. The van der Waals surface area contributed by atoms with Crippen LogP contribution >= 0.6 is 22.9 Å². The maximum Gasteiger partial charge on any atom is 0.267 e. The summed E-state index contributed by atoms with van der Waals surface area (Å²) in [5, 5.41) is 13.9. The molecule has 1 aromatic heterocycles. The van der Waals surface area contributed by atoms with Crippen LogP contribution in [0.5, 0.6) is 0 Å². The fraction of sp³-hybridized carbons (Fsp3) is 0.188. The van der Waals surface area contributed by atoms with Crippen molar-refractivity contribution in [1.82, 2.24) is 0 Å². The van der Waals surface area contributed by atoms with Crippen molar-refractivity contribution >= 4 is 34.5 Å². The van der Waals surface area contributed by atoms with Crippen molar-refractivity contribution in [2.75, 3.05) is 11.9 Å². The van der Waals surface area contributed by atoms with E-state index < -0.39 is 0 Å². The van der Waals surface area contributed by atoms with Gasteiger partial charge in [0.05, 0.1) is 5.02 Å². The van der Waals surface area contributed by atoms with Crippen LogP contribution in [0.2, 0.25) is 5.02 Å². The predicted molar refractivity (Wildman–Crippen MR) is 87.2 cm³/mol. The number of thiophene rings is 1. The average molecular weight is 320 g/mol. The topological polar surface area (TPSA) is 49.3 Å². The molecule has 0 radical (unpaired) electrons. The number of benzene rings is 1. The Labute approximate surface area is 132 Å². The molecule has 2 N–H and O–H groups in total. The van der Waals surface area contributed by atoms with Gasteiger partial charge >= 0.3 is 0 Å². The van der Waals surface area contributed by atoms with Gasteiger partial charge in [-0.2, -0.15) is 0 Å². The molecule has 0 spiro atoms. The van der Waals surface area contributed by atoms with E-state index in [1.54, 1.807) is 6.07 Å². The molecule has 0 atom stereocenters. The largest absolute Gasteiger partial charge is 0.384 e. The fourth-order valence-corrected chi connectivity index (χ4v) is 2.96. The van der Waals surface area contributed by atoms with Gasteiger partial charge in [-0.15, -0.1) is 11.3 Å². The molecule has 1 heterocycles. The Bertz CT molecular complexity index is 740. The number of amides is 1. The number of anilines is 1. The van der Waals surface area contributed by atoms with E-state index in [0.717, 1.165) is 16.7 Å². The van der Waals surface area contributed by atoms with Gasteiger partial charge in [-0.05, 0) is 48.6 Å². The lowest BCUT2D eigenvalue weighted by Gasteiger charge is -2.06. The van der Waals surface area contributed by atoms with Gasteiger partial charge in [0.1, 0.15) is 11.5 Å². The van der Waals surface area contributed by atoms with E-state index in [-0.39, 0.29) is 12.5 Å². The van der Waals surface area contributed by atoms with E-state index >= 15 is 0 Å². The minimum Gasteiger partial charge on any atom is -0.384 e. The highest BCUT2D eigenvalue weighted by atomic mass is 35.5. The summed E-state index contributed by atoms with van der Waals surface area (Å²) in [4.78, 5) is 12.7. The highest BCUT2D eigenvalue weighted by molar-refractivity contribution is 7.13. The average Bonchev–Trinajstić information content (AvgIpc) is 2.78. The van der Waals surface area contributed by atoms with Crippen LogP contribution in [-0.2, 0) is 0 Å². The molecule has 0 bridgehead atoms. The van der Waals surface area contributed by atoms with E-state index in [4.69, 9.17) is 16.7 Å². The second-order valence-corrected chi connectivity index (χ2v) is 5.76. The van der Waals surface area contributed by atoms with Crippen molar-refractivity contribution in [2.24, 2.45) is 0 Å². The molecule has 2 aromatic rings. The van der Waals surface area contributed by atoms with Crippen molar-refractivity contribution in [1.29, 1.82) is 0 Å². The van der Waals surface area contributed by atoms with Crippen LogP contribution in [0, 0.1) is 25.7 Å². The Morgan fingerprint density at radius 3 is 2.71 bits per heavy atom. The van der Waals surface area contributed by atoms with E-state index in [9.17, 15) is 4.79 Å². The Morgan fingerprint density at radius 2 is 2.14 bits per heavy atom. The van der Waals surface area contributed by atoms with Crippen LogP contribution in [0.3, 0.4) is 0 Å². The van der Waals surface area contributed by atoms with E-state index in [1.165, 1.54) is 11.3 Å². The zero-order valence-electron chi connectivity index (χ0n) is 11.7. The minimum atomic E-state index is -0.216. The molecule has 2 rings (SSSR count). The van der Waals surface area contributed by atoms with Crippen LogP contribution in [0.1, 0.15) is 26.4 Å². The second-order valence-electron chi connectivity index (χ2n) is 4.51. The monoisotopic (exact) mass is 319 g/mol. The second kappa shape index (κ2) is 6.77. The van der Waals surface area contributed by atoms with E-state index in [0.29, 0.717) is 15.6 Å². The number of hydrogen-bond donors (Lipinski definition) is 2. The molecule has 0 aliphatic rings. The maximum absolute atomic E-state index is 12.2. The first-order valence-electron chi connectivity index (χ1n) is 6.28. The number of carbonyl (C=O) groups is 1. The smallest absolute Gasteiger partial charge is 0.267 e. The van der Waals surface area contributed by atoms with Crippen LogP contribution in [-0.4, -0.2) is 17.6 Å². The number of aliphatic hydroxyl groups excluding tert-OH is 1.